The van der Waals surface area contributed by atoms with Crippen LogP contribution in [0.1, 0.15) is 37.4 Å². The predicted octanol–water partition coefficient (Wildman–Crippen LogP) is 4.05. The van der Waals surface area contributed by atoms with Gasteiger partial charge in [-0.05, 0) is 48.3 Å². The summed E-state index contributed by atoms with van der Waals surface area (Å²) >= 11 is 0. The van der Waals surface area contributed by atoms with Crippen molar-refractivity contribution in [2.24, 2.45) is 17.8 Å². The van der Waals surface area contributed by atoms with Crippen LogP contribution in [0.2, 0.25) is 0 Å². The number of aliphatic hydroxyl groups is 1. The molecule has 2 aliphatic rings. The van der Waals surface area contributed by atoms with Gasteiger partial charge in [-0.3, -0.25) is 0 Å². The fraction of sp³-hybridized carbons (Fsp3) is 0.600. The Balaban J connectivity index is 1.72. The van der Waals surface area contributed by atoms with Crippen LogP contribution in [0.3, 0.4) is 0 Å². The van der Waals surface area contributed by atoms with Gasteiger partial charge in [0.15, 0.2) is 0 Å². The Kier molecular flexibility index (Phi) is 3.40. The number of alkyl halides is 3. The molecular formula is C15H17F3O2. The Morgan fingerprint density at radius 3 is 2.40 bits per heavy atom. The van der Waals surface area contributed by atoms with Gasteiger partial charge in [0.2, 0.25) is 0 Å². The van der Waals surface area contributed by atoms with Gasteiger partial charge < -0.3 is 9.84 Å². The Bertz CT molecular complexity index is 474. The monoisotopic (exact) mass is 286 g/mol. The van der Waals surface area contributed by atoms with Crippen LogP contribution >= 0.6 is 0 Å². The second-order valence-corrected chi connectivity index (χ2v) is 5.75. The van der Waals surface area contributed by atoms with Crippen LogP contribution in [0, 0.1) is 17.8 Å². The van der Waals surface area contributed by atoms with Crippen molar-refractivity contribution in [1.29, 1.82) is 0 Å². The first-order valence-electron chi connectivity index (χ1n) is 6.99. The van der Waals surface area contributed by atoms with Crippen molar-refractivity contribution in [3.63, 3.8) is 0 Å². The van der Waals surface area contributed by atoms with Crippen molar-refractivity contribution >= 4 is 0 Å². The largest absolute Gasteiger partial charge is 0.573 e. The van der Waals surface area contributed by atoms with E-state index in [-0.39, 0.29) is 11.7 Å². The predicted molar refractivity (Wildman–Crippen MR) is 67.0 cm³/mol. The third kappa shape index (κ3) is 2.77. The van der Waals surface area contributed by atoms with E-state index in [1.54, 1.807) is 6.07 Å². The zero-order chi connectivity index (χ0) is 14.3. The van der Waals surface area contributed by atoms with Crippen LogP contribution in [0.15, 0.2) is 24.3 Å². The number of benzene rings is 1. The third-order valence-corrected chi connectivity index (χ3v) is 4.52. The van der Waals surface area contributed by atoms with Crippen LogP contribution in [0.25, 0.3) is 0 Å². The summed E-state index contributed by atoms with van der Waals surface area (Å²) in [4.78, 5) is 0. The molecule has 3 rings (SSSR count). The molecule has 0 spiro atoms. The second-order valence-electron chi connectivity index (χ2n) is 5.75. The number of fused-ring (bicyclic) bond motifs is 1. The molecule has 1 aromatic rings. The zero-order valence-corrected chi connectivity index (χ0v) is 10.9. The number of hydrogen-bond donors (Lipinski definition) is 1. The molecule has 5 heteroatoms. The van der Waals surface area contributed by atoms with E-state index in [2.05, 4.69) is 4.74 Å². The molecule has 0 radical (unpaired) electrons. The highest BCUT2D eigenvalue weighted by Crippen LogP contribution is 2.60. The first-order chi connectivity index (χ1) is 9.46. The van der Waals surface area contributed by atoms with Gasteiger partial charge in [0, 0.05) is 0 Å². The lowest BCUT2D eigenvalue weighted by molar-refractivity contribution is -0.274. The molecule has 0 heterocycles. The molecule has 0 aromatic heterocycles. The average Bonchev–Trinajstić information content (AvgIpc) is 3.10. The highest BCUT2D eigenvalue weighted by Gasteiger charge is 2.54. The van der Waals surface area contributed by atoms with E-state index < -0.39 is 12.5 Å². The Labute approximate surface area is 115 Å². The van der Waals surface area contributed by atoms with Gasteiger partial charge in [-0.2, -0.15) is 0 Å². The average molecular weight is 286 g/mol. The van der Waals surface area contributed by atoms with Crippen molar-refractivity contribution in [2.75, 3.05) is 0 Å². The van der Waals surface area contributed by atoms with E-state index >= 15 is 0 Å². The number of aliphatic hydroxyl groups excluding tert-OH is 1. The van der Waals surface area contributed by atoms with Gasteiger partial charge >= 0.3 is 6.36 Å². The van der Waals surface area contributed by atoms with Gasteiger partial charge in [-0.15, -0.1) is 13.2 Å². The lowest BCUT2D eigenvalue weighted by atomic mass is 10.0. The summed E-state index contributed by atoms with van der Waals surface area (Å²) in [5.41, 5.74) is 0.520. The highest BCUT2D eigenvalue weighted by atomic mass is 19.4. The second kappa shape index (κ2) is 4.95. The maximum Gasteiger partial charge on any atom is 0.573 e. The molecule has 2 nitrogen and oxygen atoms in total. The fourth-order valence-corrected chi connectivity index (χ4v) is 3.63. The maximum absolute atomic E-state index is 12.2. The summed E-state index contributed by atoms with van der Waals surface area (Å²) in [6.45, 7) is 0. The molecule has 1 aromatic carbocycles. The van der Waals surface area contributed by atoms with E-state index in [0.717, 1.165) is 12.8 Å². The van der Waals surface area contributed by atoms with Crippen LogP contribution in [0.4, 0.5) is 13.2 Å². The number of ether oxygens (including phenoxy) is 1. The lowest BCUT2D eigenvalue weighted by Gasteiger charge is -2.14. The smallest absolute Gasteiger partial charge is 0.406 e. The number of rotatable bonds is 3. The molecule has 110 valence electrons. The molecule has 0 amide bonds. The number of halogens is 3. The quantitative estimate of drug-likeness (QED) is 0.908. The molecule has 3 atom stereocenters. The molecular weight excluding hydrogens is 269 g/mol. The van der Waals surface area contributed by atoms with Gasteiger partial charge in [0.05, 0.1) is 6.10 Å². The lowest BCUT2D eigenvalue weighted by Crippen LogP contribution is -2.17. The topological polar surface area (TPSA) is 29.5 Å². The molecule has 2 saturated carbocycles. The fourth-order valence-electron chi connectivity index (χ4n) is 3.63. The van der Waals surface area contributed by atoms with Crippen molar-refractivity contribution in [3.8, 4) is 5.75 Å². The summed E-state index contributed by atoms with van der Waals surface area (Å²) < 4.78 is 40.5. The van der Waals surface area contributed by atoms with E-state index in [1.807, 2.05) is 0 Å². The van der Waals surface area contributed by atoms with E-state index in [0.29, 0.717) is 17.4 Å². The molecule has 3 unspecified atom stereocenters. The van der Waals surface area contributed by atoms with E-state index in [4.69, 9.17) is 0 Å². The first kappa shape index (κ1) is 13.7. The maximum atomic E-state index is 12.2. The molecule has 2 aliphatic carbocycles. The first-order valence-corrected chi connectivity index (χ1v) is 6.99. The standard InChI is InChI=1S/C15H17F3O2/c16-15(17,18)20-10-5-3-4-9(8-10)14(19)13-11-6-1-2-7-12(11)13/h3-5,8,11-14,19H,1-2,6-7H2. The van der Waals surface area contributed by atoms with Crippen LogP contribution in [0.5, 0.6) is 5.75 Å². The minimum atomic E-state index is -4.70. The van der Waals surface area contributed by atoms with Gasteiger partial charge in [-0.25, -0.2) is 0 Å². The number of hydrogen-bond acceptors (Lipinski definition) is 2. The van der Waals surface area contributed by atoms with Gasteiger partial charge in [0.25, 0.3) is 0 Å². The van der Waals surface area contributed by atoms with Gasteiger partial charge in [-0.1, -0.05) is 25.0 Å². The summed E-state index contributed by atoms with van der Waals surface area (Å²) in [5.74, 6) is 1.04. The van der Waals surface area contributed by atoms with E-state index in [9.17, 15) is 18.3 Å². The summed E-state index contributed by atoms with van der Waals surface area (Å²) in [6, 6.07) is 5.70. The molecule has 2 fully saturated rings. The Morgan fingerprint density at radius 1 is 1.15 bits per heavy atom. The Hall–Kier alpha value is -1.23. The third-order valence-electron chi connectivity index (χ3n) is 4.52. The molecule has 0 saturated heterocycles. The van der Waals surface area contributed by atoms with Gasteiger partial charge in [0.1, 0.15) is 5.75 Å². The summed E-state index contributed by atoms with van der Waals surface area (Å²) in [5, 5.41) is 10.4. The molecule has 1 N–H and O–H groups in total. The molecule has 20 heavy (non-hydrogen) atoms. The van der Waals surface area contributed by atoms with Crippen molar-refractivity contribution in [2.45, 2.75) is 38.1 Å². The normalized spacial score (nSPS) is 30.5. The zero-order valence-electron chi connectivity index (χ0n) is 10.9. The minimum absolute atomic E-state index is 0.207. The molecule has 0 bridgehead atoms. The summed E-state index contributed by atoms with van der Waals surface area (Å²) in [7, 11) is 0. The summed E-state index contributed by atoms with van der Waals surface area (Å²) in [6.07, 6.45) is -0.726. The van der Waals surface area contributed by atoms with Crippen molar-refractivity contribution in [3.05, 3.63) is 29.8 Å². The van der Waals surface area contributed by atoms with Crippen LogP contribution in [-0.4, -0.2) is 11.5 Å². The minimum Gasteiger partial charge on any atom is -0.406 e. The van der Waals surface area contributed by atoms with Crippen LogP contribution in [-0.2, 0) is 0 Å². The van der Waals surface area contributed by atoms with Crippen molar-refractivity contribution in [1.82, 2.24) is 0 Å². The SMILES string of the molecule is OC(c1cccc(OC(F)(F)F)c1)C1C2CCCCC21. The van der Waals surface area contributed by atoms with Crippen molar-refractivity contribution < 1.29 is 23.0 Å². The van der Waals surface area contributed by atoms with Crippen LogP contribution < -0.4 is 4.74 Å². The highest BCUT2D eigenvalue weighted by molar-refractivity contribution is 5.31. The Morgan fingerprint density at radius 2 is 1.80 bits per heavy atom. The molecule has 0 aliphatic heterocycles. The van der Waals surface area contributed by atoms with E-state index in [1.165, 1.54) is 31.0 Å².